The second-order valence-electron chi connectivity index (χ2n) is 9.63. The van der Waals surface area contributed by atoms with Crippen LogP contribution in [0, 0.1) is 23.0 Å². The maximum absolute atomic E-state index is 14.2. The monoisotopic (exact) mass is 610 g/mol. The molecule has 8 nitrogen and oxygen atoms in total. The number of hydrogen-bond donors (Lipinski definition) is 3. The molecule has 6 rings (SSSR count). The van der Waals surface area contributed by atoms with Crippen molar-refractivity contribution in [3.8, 4) is 17.3 Å². The summed E-state index contributed by atoms with van der Waals surface area (Å²) in [6.45, 7) is 0. The van der Waals surface area contributed by atoms with Crippen LogP contribution in [0.25, 0.3) is 16.9 Å². The average molecular weight is 611 g/mol. The summed E-state index contributed by atoms with van der Waals surface area (Å²) in [5.41, 5.74) is -0.0966. The molecule has 0 spiro atoms. The largest absolute Gasteiger partial charge is 0.416 e. The maximum atomic E-state index is 14.2. The molecular formula is C29H16ClF5N6O2. The van der Waals surface area contributed by atoms with Crippen molar-refractivity contribution in [2.45, 2.75) is 18.4 Å². The Labute approximate surface area is 244 Å². The first-order valence-corrected chi connectivity index (χ1v) is 12.8. The van der Waals surface area contributed by atoms with E-state index in [4.69, 9.17) is 11.6 Å². The van der Waals surface area contributed by atoms with E-state index in [0.717, 1.165) is 12.1 Å². The number of fused-ring (bicyclic) bond motifs is 2. The van der Waals surface area contributed by atoms with E-state index < -0.39 is 47.1 Å². The number of nitrogens with one attached hydrogen (secondary N) is 2. The Kier molecular flexibility index (Phi) is 6.84. The molecule has 1 unspecified atom stereocenters. The normalized spacial score (nSPS) is 16.2. The van der Waals surface area contributed by atoms with Crippen molar-refractivity contribution in [1.29, 1.82) is 5.26 Å². The quantitative estimate of drug-likeness (QED) is 0.210. The number of anilines is 1. The Morgan fingerprint density at radius 3 is 2.58 bits per heavy atom. The lowest BCUT2D eigenvalue weighted by Crippen LogP contribution is -2.20. The first-order valence-electron chi connectivity index (χ1n) is 12.4. The van der Waals surface area contributed by atoms with Crippen molar-refractivity contribution in [3.05, 3.63) is 117 Å². The Morgan fingerprint density at radius 2 is 1.84 bits per heavy atom. The summed E-state index contributed by atoms with van der Waals surface area (Å²) in [6, 6.07) is 9.05. The van der Waals surface area contributed by atoms with Crippen LogP contribution < -0.4 is 10.6 Å². The van der Waals surface area contributed by atoms with Crippen molar-refractivity contribution >= 4 is 28.8 Å². The minimum Gasteiger partial charge on any atom is -0.374 e. The fourth-order valence-electron chi connectivity index (χ4n) is 4.99. The smallest absolute Gasteiger partial charge is 0.374 e. The van der Waals surface area contributed by atoms with Crippen molar-refractivity contribution < 1.29 is 31.9 Å². The fourth-order valence-corrected chi connectivity index (χ4v) is 5.21. The molecule has 14 heteroatoms. The van der Waals surface area contributed by atoms with Gasteiger partial charge in [0.2, 0.25) is 0 Å². The Morgan fingerprint density at radius 1 is 1.05 bits per heavy atom. The van der Waals surface area contributed by atoms with Crippen LogP contribution in [0.1, 0.15) is 50.6 Å². The highest BCUT2D eigenvalue weighted by atomic mass is 35.5. The number of rotatable bonds is 4. The molecule has 3 aromatic carbocycles. The first-order chi connectivity index (χ1) is 20.4. The lowest BCUT2D eigenvalue weighted by atomic mass is 9.93. The van der Waals surface area contributed by atoms with E-state index in [2.05, 4.69) is 20.6 Å². The van der Waals surface area contributed by atoms with Crippen LogP contribution in [0.2, 0.25) is 5.02 Å². The van der Waals surface area contributed by atoms with Crippen molar-refractivity contribution in [2.75, 3.05) is 5.32 Å². The second kappa shape index (κ2) is 10.4. The number of benzene rings is 3. The third-order valence-corrected chi connectivity index (χ3v) is 7.27. The highest BCUT2D eigenvalue weighted by molar-refractivity contribution is 6.31. The predicted molar refractivity (Wildman–Crippen MR) is 144 cm³/mol. The zero-order valence-electron chi connectivity index (χ0n) is 21.4. The number of carbonyl (C=O) groups is 1. The number of nitriles is 1. The van der Waals surface area contributed by atoms with E-state index >= 15 is 0 Å². The number of aliphatic hydroxyl groups excluding tert-OH is 1. The van der Waals surface area contributed by atoms with Gasteiger partial charge in [-0.3, -0.25) is 19.5 Å². The zero-order valence-corrected chi connectivity index (χ0v) is 22.2. The van der Waals surface area contributed by atoms with Gasteiger partial charge in [0.15, 0.2) is 5.65 Å². The van der Waals surface area contributed by atoms with Crippen molar-refractivity contribution in [3.63, 3.8) is 0 Å². The molecule has 1 amide bonds. The van der Waals surface area contributed by atoms with Gasteiger partial charge < -0.3 is 10.4 Å². The van der Waals surface area contributed by atoms with Crippen molar-refractivity contribution in [1.82, 2.24) is 19.7 Å². The molecule has 0 fully saturated rings. The average Bonchev–Trinajstić information content (AvgIpc) is 3.53. The number of aliphatic hydroxyl groups is 1. The molecule has 1 aliphatic heterocycles. The summed E-state index contributed by atoms with van der Waals surface area (Å²) >= 11 is 6.35. The summed E-state index contributed by atoms with van der Waals surface area (Å²) in [5.74, 6) is -2.98. The number of imidazole rings is 1. The van der Waals surface area contributed by atoms with Gasteiger partial charge in [0.1, 0.15) is 29.6 Å². The molecule has 5 aromatic rings. The molecule has 3 heterocycles. The van der Waals surface area contributed by atoms with Crippen LogP contribution in [0.4, 0.5) is 27.6 Å². The third-order valence-electron chi connectivity index (χ3n) is 6.93. The van der Waals surface area contributed by atoms with Crippen LogP contribution in [0.15, 0.2) is 67.1 Å². The molecule has 0 aliphatic carbocycles. The van der Waals surface area contributed by atoms with Gasteiger partial charge in [0.05, 0.1) is 29.7 Å². The maximum Gasteiger partial charge on any atom is 0.416 e. The second-order valence-corrected chi connectivity index (χ2v) is 10.0. The molecule has 43 heavy (non-hydrogen) atoms. The number of halogens is 6. The standard InChI is InChI=1S/C29H16ClF5N6O2/c30-21-2-1-16(31)8-19(21)26-25-20(28(43)40-26)5-13(23-12-41-18(9-36)10-38-24(41)11-37-23)6-22(25)39-27(42)14-3-15(29(33,34)35)7-17(32)4-14/h1-8,10-12,26,28,40,43H,(H,39,42)/t26-,28?/m0/s1. The molecule has 2 aromatic heterocycles. The van der Waals surface area contributed by atoms with E-state index in [1.807, 2.05) is 6.07 Å². The van der Waals surface area contributed by atoms with E-state index in [1.54, 1.807) is 6.07 Å². The summed E-state index contributed by atoms with van der Waals surface area (Å²) in [6.07, 6.45) is -2.01. The molecule has 216 valence electrons. The minimum atomic E-state index is -4.91. The van der Waals surface area contributed by atoms with Gasteiger partial charge in [-0.15, -0.1) is 0 Å². The SMILES string of the molecule is N#Cc1cnc2cnc(-c3cc(NC(=O)c4cc(F)cc(C(F)(F)F)c4)c4c(c3)C(O)N[C@H]4c3cc(F)ccc3Cl)cn12. The summed E-state index contributed by atoms with van der Waals surface area (Å²) in [4.78, 5) is 21.7. The fraction of sp³-hybridized carbons (Fsp3) is 0.103. The first kappa shape index (κ1) is 28.2. The van der Waals surface area contributed by atoms with Crippen LogP contribution in [-0.2, 0) is 6.18 Å². The molecule has 3 N–H and O–H groups in total. The molecule has 0 radical (unpaired) electrons. The minimum absolute atomic E-state index is 0.00210. The highest BCUT2D eigenvalue weighted by Gasteiger charge is 2.36. The Balaban J connectivity index is 1.52. The lowest BCUT2D eigenvalue weighted by Gasteiger charge is -2.19. The van der Waals surface area contributed by atoms with Gasteiger partial charge >= 0.3 is 6.18 Å². The molecular weight excluding hydrogens is 595 g/mol. The van der Waals surface area contributed by atoms with E-state index in [9.17, 15) is 37.1 Å². The van der Waals surface area contributed by atoms with Crippen LogP contribution in [0.3, 0.4) is 0 Å². The van der Waals surface area contributed by atoms with Gasteiger partial charge in [-0.2, -0.15) is 18.4 Å². The Bertz CT molecular complexity index is 1990. The number of alkyl halides is 3. The Hall–Kier alpha value is -4.90. The van der Waals surface area contributed by atoms with Gasteiger partial charge in [-0.25, -0.2) is 13.8 Å². The van der Waals surface area contributed by atoms with Crippen LogP contribution >= 0.6 is 11.6 Å². The summed E-state index contributed by atoms with van der Waals surface area (Å²) < 4.78 is 69.9. The summed E-state index contributed by atoms with van der Waals surface area (Å²) in [7, 11) is 0. The van der Waals surface area contributed by atoms with Gasteiger partial charge in [-0.1, -0.05) is 11.6 Å². The lowest BCUT2D eigenvalue weighted by molar-refractivity contribution is -0.137. The number of amides is 1. The van der Waals surface area contributed by atoms with Crippen molar-refractivity contribution in [2.24, 2.45) is 0 Å². The van der Waals surface area contributed by atoms with Gasteiger partial charge in [0, 0.05) is 39.2 Å². The molecule has 0 saturated heterocycles. The number of aromatic nitrogens is 3. The van der Waals surface area contributed by atoms with Crippen LogP contribution in [0.5, 0.6) is 0 Å². The van der Waals surface area contributed by atoms with Crippen LogP contribution in [-0.4, -0.2) is 25.4 Å². The highest BCUT2D eigenvalue weighted by Crippen LogP contribution is 2.45. The van der Waals surface area contributed by atoms with Gasteiger partial charge in [0.25, 0.3) is 5.91 Å². The molecule has 1 aliphatic rings. The molecule has 2 atom stereocenters. The van der Waals surface area contributed by atoms with E-state index in [0.29, 0.717) is 23.3 Å². The topological polar surface area (TPSA) is 115 Å². The van der Waals surface area contributed by atoms with E-state index in [-0.39, 0.29) is 44.9 Å². The number of nitrogens with zero attached hydrogens (tertiary/aromatic N) is 4. The molecule has 0 bridgehead atoms. The van der Waals surface area contributed by atoms with Gasteiger partial charge in [-0.05, 0) is 54.1 Å². The molecule has 0 saturated carbocycles. The predicted octanol–water partition coefficient (Wildman–Crippen LogP) is 6.15. The van der Waals surface area contributed by atoms with E-state index in [1.165, 1.54) is 35.1 Å². The third kappa shape index (κ3) is 5.16. The summed E-state index contributed by atoms with van der Waals surface area (Å²) in [5, 5.41) is 25.9. The number of hydrogen-bond acceptors (Lipinski definition) is 6. The zero-order chi connectivity index (χ0) is 30.6. The number of carbonyl (C=O) groups excluding carboxylic acids is 1.